The van der Waals surface area contributed by atoms with Crippen LogP contribution < -0.4 is 10.6 Å². The van der Waals surface area contributed by atoms with Gasteiger partial charge in [-0.25, -0.2) is 9.97 Å². The molecule has 2 aromatic rings. The van der Waals surface area contributed by atoms with Crippen LogP contribution in [-0.4, -0.2) is 26.8 Å². The van der Waals surface area contributed by atoms with E-state index in [0.717, 1.165) is 23.1 Å². The lowest BCUT2D eigenvalue weighted by atomic mass is 9.96. The molecule has 0 saturated heterocycles. The molecule has 2 rings (SSSR count). The van der Waals surface area contributed by atoms with Crippen LogP contribution in [0.15, 0.2) is 18.5 Å². The highest BCUT2D eigenvalue weighted by Gasteiger charge is 2.19. The van der Waals surface area contributed by atoms with Crippen molar-refractivity contribution in [2.75, 3.05) is 17.7 Å². The van der Waals surface area contributed by atoms with E-state index in [9.17, 15) is 0 Å². The van der Waals surface area contributed by atoms with Gasteiger partial charge in [-0.05, 0) is 0 Å². The van der Waals surface area contributed by atoms with E-state index in [1.165, 1.54) is 0 Å². The Bertz CT molecular complexity index is 567. The molecular formula is C13H20N6. The summed E-state index contributed by atoms with van der Waals surface area (Å²) in [5.41, 5.74) is 0.807. The molecule has 2 aromatic heterocycles. The Hall–Kier alpha value is -2.11. The number of hydrogen-bond donors (Lipinski definition) is 2. The molecule has 6 heteroatoms. The molecule has 0 aromatic carbocycles. The fraction of sp³-hybridized carbons (Fsp3) is 0.462. The molecule has 0 fully saturated rings. The third-order valence-electron chi connectivity index (χ3n) is 2.63. The quantitative estimate of drug-likeness (QED) is 0.886. The van der Waals surface area contributed by atoms with Gasteiger partial charge < -0.3 is 10.6 Å². The summed E-state index contributed by atoms with van der Waals surface area (Å²) >= 11 is 0. The van der Waals surface area contributed by atoms with Crippen LogP contribution in [0, 0.1) is 0 Å². The van der Waals surface area contributed by atoms with Crippen LogP contribution in [0.3, 0.4) is 0 Å². The van der Waals surface area contributed by atoms with Crippen LogP contribution in [0.1, 0.15) is 26.6 Å². The Balaban J connectivity index is 2.34. The highest BCUT2D eigenvalue weighted by Crippen LogP contribution is 2.23. The maximum atomic E-state index is 4.56. The Morgan fingerprint density at radius 3 is 2.37 bits per heavy atom. The predicted molar refractivity (Wildman–Crippen MR) is 76.8 cm³/mol. The van der Waals surface area contributed by atoms with E-state index in [4.69, 9.17) is 0 Å². The van der Waals surface area contributed by atoms with Crippen molar-refractivity contribution in [3.05, 3.63) is 24.3 Å². The smallest absolute Gasteiger partial charge is 0.138 e. The fourth-order valence-electron chi connectivity index (χ4n) is 1.61. The topological polar surface area (TPSA) is 67.7 Å². The van der Waals surface area contributed by atoms with Gasteiger partial charge >= 0.3 is 0 Å². The number of anilines is 3. The standard InChI is InChI=1S/C13H20N6/c1-13(2,3)12-17-10(14-4)6-11(18-12)16-9-7-15-19(5)8-9/h6-8H,1-5H3,(H2,14,16,17,18). The van der Waals surface area contributed by atoms with Crippen molar-refractivity contribution in [2.45, 2.75) is 26.2 Å². The second-order valence-corrected chi connectivity index (χ2v) is 5.49. The van der Waals surface area contributed by atoms with E-state index < -0.39 is 0 Å². The van der Waals surface area contributed by atoms with Gasteiger partial charge in [0.05, 0.1) is 11.9 Å². The third-order valence-corrected chi connectivity index (χ3v) is 2.63. The first kappa shape index (κ1) is 13.3. The lowest BCUT2D eigenvalue weighted by molar-refractivity contribution is 0.547. The lowest BCUT2D eigenvalue weighted by Crippen LogP contribution is -2.17. The van der Waals surface area contributed by atoms with Gasteiger partial charge in [0, 0.05) is 31.8 Å². The van der Waals surface area contributed by atoms with E-state index in [1.807, 2.05) is 26.4 Å². The second-order valence-electron chi connectivity index (χ2n) is 5.49. The number of aromatic nitrogens is 4. The predicted octanol–water partition coefficient (Wildman–Crippen LogP) is 2.29. The molecule has 0 aliphatic heterocycles. The van der Waals surface area contributed by atoms with Gasteiger partial charge in [0.15, 0.2) is 0 Å². The minimum Gasteiger partial charge on any atom is -0.373 e. The average Bonchev–Trinajstić information content (AvgIpc) is 2.73. The zero-order valence-corrected chi connectivity index (χ0v) is 12.0. The molecule has 2 N–H and O–H groups in total. The molecular weight excluding hydrogens is 240 g/mol. The van der Waals surface area contributed by atoms with Gasteiger partial charge in [-0.2, -0.15) is 5.10 Å². The summed E-state index contributed by atoms with van der Waals surface area (Å²) in [6, 6.07) is 1.88. The molecule has 0 atom stereocenters. The van der Waals surface area contributed by atoms with Crippen molar-refractivity contribution in [3.8, 4) is 0 Å². The molecule has 0 radical (unpaired) electrons. The van der Waals surface area contributed by atoms with Gasteiger partial charge in [0.1, 0.15) is 17.5 Å². The molecule has 0 aliphatic carbocycles. The Morgan fingerprint density at radius 2 is 1.84 bits per heavy atom. The highest BCUT2D eigenvalue weighted by molar-refractivity contribution is 5.57. The number of nitrogens with zero attached hydrogens (tertiary/aromatic N) is 4. The minimum atomic E-state index is -0.0990. The number of aryl methyl sites for hydroxylation is 1. The Kier molecular flexibility index (Phi) is 3.42. The van der Waals surface area contributed by atoms with Crippen molar-refractivity contribution in [3.63, 3.8) is 0 Å². The van der Waals surface area contributed by atoms with Crippen LogP contribution in [-0.2, 0) is 12.5 Å². The summed E-state index contributed by atoms with van der Waals surface area (Å²) in [4.78, 5) is 9.04. The van der Waals surface area contributed by atoms with E-state index in [-0.39, 0.29) is 5.41 Å². The Morgan fingerprint density at radius 1 is 1.16 bits per heavy atom. The first-order chi connectivity index (χ1) is 8.88. The third kappa shape index (κ3) is 3.21. The van der Waals surface area contributed by atoms with Crippen molar-refractivity contribution >= 4 is 17.3 Å². The van der Waals surface area contributed by atoms with E-state index in [1.54, 1.807) is 10.9 Å². The molecule has 19 heavy (non-hydrogen) atoms. The van der Waals surface area contributed by atoms with E-state index in [2.05, 4.69) is 46.5 Å². The second kappa shape index (κ2) is 4.87. The molecule has 2 heterocycles. The molecule has 0 aliphatic rings. The molecule has 0 unspecified atom stereocenters. The zero-order valence-electron chi connectivity index (χ0n) is 12.0. The lowest BCUT2D eigenvalue weighted by Gasteiger charge is -2.18. The molecule has 0 bridgehead atoms. The largest absolute Gasteiger partial charge is 0.373 e. The van der Waals surface area contributed by atoms with E-state index >= 15 is 0 Å². The first-order valence-electron chi connectivity index (χ1n) is 6.21. The van der Waals surface area contributed by atoms with Crippen LogP contribution in [0.25, 0.3) is 0 Å². The monoisotopic (exact) mass is 260 g/mol. The van der Waals surface area contributed by atoms with Gasteiger partial charge in [0.2, 0.25) is 0 Å². The van der Waals surface area contributed by atoms with Crippen molar-refractivity contribution in [1.29, 1.82) is 0 Å². The SMILES string of the molecule is CNc1cc(Nc2cnn(C)c2)nc(C(C)(C)C)n1. The summed E-state index contributed by atoms with van der Waals surface area (Å²) in [6.45, 7) is 6.28. The molecule has 102 valence electrons. The van der Waals surface area contributed by atoms with Crippen LogP contribution >= 0.6 is 0 Å². The highest BCUT2D eigenvalue weighted by atomic mass is 15.3. The van der Waals surface area contributed by atoms with Gasteiger partial charge in [-0.1, -0.05) is 20.8 Å². The number of hydrogen-bond acceptors (Lipinski definition) is 5. The number of rotatable bonds is 3. The molecule has 0 amide bonds. The zero-order chi connectivity index (χ0) is 14.0. The summed E-state index contributed by atoms with van der Waals surface area (Å²) in [6.07, 6.45) is 3.66. The van der Waals surface area contributed by atoms with Gasteiger partial charge in [-0.3, -0.25) is 4.68 Å². The summed E-state index contributed by atoms with van der Waals surface area (Å²) in [5.74, 6) is 2.36. The Labute approximate surface area is 113 Å². The van der Waals surface area contributed by atoms with Crippen LogP contribution in [0.5, 0.6) is 0 Å². The molecule has 0 saturated carbocycles. The van der Waals surface area contributed by atoms with Gasteiger partial charge in [-0.15, -0.1) is 0 Å². The van der Waals surface area contributed by atoms with Crippen molar-refractivity contribution in [1.82, 2.24) is 19.7 Å². The molecule has 6 nitrogen and oxygen atoms in total. The van der Waals surface area contributed by atoms with Crippen LogP contribution in [0.4, 0.5) is 17.3 Å². The van der Waals surface area contributed by atoms with Crippen molar-refractivity contribution in [2.24, 2.45) is 7.05 Å². The van der Waals surface area contributed by atoms with Crippen LogP contribution in [0.2, 0.25) is 0 Å². The maximum absolute atomic E-state index is 4.56. The summed E-state index contributed by atoms with van der Waals surface area (Å²) in [7, 11) is 3.73. The average molecular weight is 260 g/mol. The summed E-state index contributed by atoms with van der Waals surface area (Å²) in [5, 5.41) is 10.4. The fourth-order valence-corrected chi connectivity index (χ4v) is 1.61. The maximum Gasteiger partial charge on any atom is 0.138 e. The minimum absolute atomic E-state index is 0.0990. The molecule has 0 spiro atoms. The van der Waals surface area contributed by atoms with Gasteiger partial charge in [0.25, 0.3) is 0 Å². The normalized spacial score (nSPS) is 11.4. The van der Waals surface area contributed by atoms with E-state index in [0.29, 0.717) is 0 Å². The summed E-state index contributed by atoms with van der Waals surface area (Å²) < 4.78 is 1.74. The number of nitrogens with one attached hydrogen (secondary N) is 2. The first-order valence-corrected chi connectivity index (χ1v) is 6.21. The van der Waals surface area contributed by atoms with Crippen molar-refractivity contribution < 1.29 is 0 Å².